The highest BCUT2D eigenvalue weighted by molar-refractivity contribution is 9.10. The molecular formula is C14H16BrClFN3O. The molecule has 114 valence electrons. The van der Waals surface area contributed by atoms with Gasteiger partial charge in [-0.05, 0) is 29.0 Å². The molecule has 2 aromatic rings. The van der Waals surface area contributed by atoms with Crippen molar-refractivity contribution < 1.29 is 9.13 Å². The number of ether oxygens (including phenoxy) is 1. The van der Waals surface area contributed by atoms with E-state index in [2.05, 4.69) is 26.3 Å². The highest BCUT2D eigenvalue weighted by Gasteiger charge is 2.24. The molecule has 0 bridgehead atoms. The Hall–Kier alpha value is -0.950. The number of halogens is 3. The van der Waals surface area contributed by atoms with Crippen LogP contribution in [-0.2, 0) is 11.3 Å². The van der Waals surface area contributed by atoms with E-state index in [0.29, 0.717) is 33.9 Å². The molecule has 0 saturated heterocycles. The van der Waals surface area contributed by atoms with Crippen molar-refractivity contribution in [3.63, 3.8) is 0 Å². The van der Waals surface area contributed by atoms with Crippen LogP contribution in [0.4, 0.5) is 4.39 Å². The van der Waals surface area contributed by atoms with Gasteiger partial charge >= 0.3 is 0 Å². The minimum atomic E-state index is -0.394. The van der Waals surface area contributed by atoms with Crippen LogP contribution >= 0.6 is 27.5 Å². The first-order valence-electron chi connectivity index (χ1n) is 6.41. The van der Waals surface area contributed by atoms with Crippen LogP contribution in [0.3, 0.4) is 0 Å². The largest absolute Gasteiger partial charge is 0.383 e. The summed E-state index contributed by atoms with van der Waals surface area (Å²) in [5.74, 6) is -0.313. The predicted octanol–water partition coefficient (Wildman–Crippen LogP) is 3.39. The summed E-state index contributed by atoms with van der Waals surface area (Å²) in [6.45, 7) is 1.05. The van der Waals surface area contributed by atoms with Gasteiger partial charge in [-0.3, -0.25) is 4.68 Å². The quantitative estimate of drug-likeness (QED) is 0.840. The van der Waals surface area contributed by atoms with Crippen LogP contribution in [0.1, 0.15) is 17.3 Å². The van der Waals surface area contributed by atoms with Crippen LogP contribution in [0.2, 0.25) is 5.02 Å². The van der Waals surface area contributed by atoms with Gasteiger partial charge in [0.2, 0.25) is 0 Å². The van der Waals surface area contributed by atoms with Gasteiger partial charge in [0.25, 0.3) is 0 Å². The molecule has 0 spiro atoms. The van der Waals surface area contributed by atoms with Crippen LogP contribution < -0.4 is 5.32 Å². The lowest BCUT2D eigenvalue weighted by molar-refractivity contribution is 0.182. The van der Waals surface area contributed by atoms with Crippen molar-refractivity contribution in [2.24, 2.45) is 0 Å². The summed E-state index contributed by atoms with van der Waals surface area (Å²) >= 11 is 9.45. The molecule has 0 radical (unpaired) electrons. The van der Waals surface area contributed by atoms with E-state index < -0.39 is 6.04 Å². The third-order valence-corrected chi connectivity index (χ3v) is 4.10. The molecule has 0 amide bonds. The van der Waals surface area contributed by atoms with E-state index in [4.69, 9.17) is 16.3 Å². The molecule has 1 aromatic heterocycles. The number of nitrogens with zero attached hydrogens (tertiary/aromatic N) is 2. The lowest BCUT2D eigenvalue weighted by Crippen LogP contribution is -2.24. The van der Waals surface area contributed by atoms with Gasteiger partial charge in [-0.1, -0.05) is 23.7 Å². The molecule has 7 heteroatoms. The summed E-state index contributed by atoms with van der Waals surface area (Å²) in [5, 5.41) is 7.82. The van der Waals surface area contributed by atoms with E-state index in [1.807, 2.05) is 0 Å². The molecule has 0 aliphatic rings. The predicted molar refractivity (Wildman–Crippen MR) is 84.1 cm³/mol. The zero-order valence-electron chi connectivity index (χ0n) is 11.7. The van der Waals surface area contributed by atoms with E-state index >= 15 is 0 Å². The van der Waals surface area contributed by atoms with E-state index in [9.17, 15) is 4.39 Å². The smallest absolute Gasteiger partial charge is 0.142 e. The third kappa shape index (κ3) is 3.45. The minimum absolute atomic E-state index is 0.313. The number of rotatable bonds is 6. The topological polar surface area (TPSA) is 39.1 Å². The van der Waals surface area contributed by atoms with Gasteiger partial charge in [0.15, 0.2) is 0 Å². The highest BCUT2D eigenvalue weighted by atomic mass is 79.9. The Bertz CT molecular complexity index is 620. The Labute approximate surface area is 136 Å². The van der Waals surface area contributed by atoms with Crippen molar-refractivity contribution in [1.29, 1.82) is 0 Å². The molecule has 1 atom stereocenters. The first-order valence-corrected chi connectivity index (χ1v) is 7.58. The Morgan fingerprint density at radius 2 is 2.29 bits per heavy atom. The molecule has 0 aliphatic carbocycles. The maximum absolute atomic E-state index is 14.4. The fourth-order valence-electron chi connectivity index (χ4n) is 2.20. The van der Waals surface area contributed by atoms with Crippen LogP contribution in [0.25, 0.3) is 0 Å². The summed E-state index contributed by atoms with van der Waals surface area (Å²) in [5.41, 5.74) is 1.22. The van der Waals surface area contributed by atoms with E-state index in [0.717, 1.165) is 0 Å². The van der Waals surface area contributed by atoms with Crippen LogP contribution in [-0.4, -0.2) is 30.5 Å². The normalized spacial score (nSPS) is 12.6. The van der Waals surface area contributed by atoms with Crippen LogP contribution in [0.15, 0.2) is 28.9 Å². The third-order valence-electron chi connectivity index (χ3n) is 3.20. The van der Waals surface area contributed by atoms with Gasteiger partial charge in [0, 0.05) is 12.7 Å². The average molecular weight is 377 g/mol. The fraction of sp³-hybridized carbons (Fsp3) is 0.357. The van der Waals surface area contributed by atoms with Gasteiger partial charge in [-0.2, -0.15) is 5.10 Å². The van der Waals surface area contributed by atoms with E-state index in [1.54, 1.807) is 43.2 Å². The Balaban J connectivity index is 2.46. The number of methoxy groups -OCH3 is 1. The number of hydrogen-bond donors (Lipinski definition) is 1. The maximum Gasteiger partial charge on any atom is 0.142 e. The first kappa shape index (κ1) is 16.4. The number of hydrogen-bond acceptors (Lipinski definition) is 3. The number of benzene rings is 1. The summed E-state index contributed by atoms with van der Waals surface area (Å²) in [6.07, 6.45) is 1.56. The summed E-state index contributed by atoms with van der Waals surface area (Å²) in [4.78, 5) is 0. The lowest BCUT2D eigenvalue weighted by atomic mass is 10.0. The monoisotopic (exact) mass is 375 g/mol. The summed E-state index contributed by atoms with van der Waals surface area (Å²) in [6, 6.07) is 4.78. The second kappa shape index (κ2) is 7.35. The van der Waals surface area contributed by atoms with E-state index in [-0.39, 0.29) is 5.82 Å². The second-order valence-corrected chi connectivity index (χ2v) is 5.72. The summed E-state index contributed by atoms with van der Waals surface area (Å²) < 4.78 is 21.6. The number of nitrogens with one attached hydrogen (secondary N) is 1. The standard InChI is InChI=1S/C14H16BrClFN3O/c1-18-13(9-4-3-5-10(15)12(9)17)14-11(16)8-19-20(14)6-7-21-2/h3-5,8,13,18H,6-7H2,1-2H3. The van der Waals surface area contributed by atoms with Gasteiger partial charge in [-0.25, -0.2) is 4.39 Å². The molecule has 2 rings (SSSR count). The Morgan fingerprint density at radius 3 is 2.95 bits per heavy atom. The lowest BCUT2D eigenvalue weighted by Gasteiger charge is -2.20. The van der Waals surface area contributed by atoms with Crippen molar-refractivity contribution in [1.82, 2.24) is 15.1 Å². The van der Waals surface area contributed by atoms with Crippen molar-refractivity contribution >= 4 is 27.5 Å². The molecule has 1 heterocycles. The number of aromatic nitrogens is 2. The van der Waals surface area contributed by atoms with Crippen molar-refractivity contribution in [3.8, 4) is 0 Å². The summed E-state index contributed by atoms with van der Waals surface area (Å²) in [7, 11) is 3.38. The molecule has 1 aromatic carbocycles. The molecule has 4 nitrogen and oxygen atoms in total. The molecular weight excluding hydrogens is 361 g/mol. The average Bonchev–Trinajstić information content (AvgIpc) is 2.83. The second-order valence-electron chi connectivity index (χ2n) is 4.46. The molecule has 0 aliphatic heterocycles. The van der Waals surface area contributed by atoms with E-state index in [1.165, 1.54) is 0 Å². The van der Waals surface area contributed by atoms with Gasteiger partial charge < -0.3 is 10.1 Å². The Morgan fingerprint density at radius 1 is 1.52 bits per heavy atom. The van der Waals surface area contributed by atoms with Gasteiger partial charge in [0.1, 0.15) is 5.82 Å². The van der Waals surface area contributed by atoms with Crippen LogP contribution in [0, 0.1) is 5.82 Å². The van der Waals surface area contributed by atoms with Crippen molar-refractivity contribution in [3.05, 3.63) is 51.0 Å². The minimum Gasteiger partial charge on any atom is -0.383 e. The fourth-order valence-corrected chi connectivity index (χ4v) is 2.83. The SMILES string of the molecule is CNC(c1cccc(Br)c1F)c1c(Cl)cnn1CCOC. The van der Waals surface area contributed by atoms with Crippen molar-refractivity contribution in [2.75, 3.05) is 20.8 Å². The zero-order valence-corrected chi connectivity index (χ0v) is 14.1. The molecule has 0 saturated carbocycles. The van der Waals surface area contributed by atoms with Gasteiger partial charge in [-0.15, -0.1) is 0 Å². The molecule has 21 heavy (non-hydrogen) atoms. The highest BCUT2D eigenvalue weighted by Crippen LogP contribution is 2.31. The van der Waals surface area contributed by atoms with Crippen LogP contribution in [0.5, 0.6) is 0 Å². The molecule has 0 fully saturated rings. The van der Waals surface area contributed by atoms with Gasteiger partial charge in [0.05, 0.1) is 40.6 Å². The first-order chi connectivity index (χ1) is 10.1. The maximum atomic E-state index is 14.4. The molecule has 1 unspecified atom stereocenters. The molecule has 1 N–H and O–H groups in total. The Kier molecular flexibility index (Phi) is 5.75. The van der Waals surface area contributed by atoms with Crippen molar-refractivity contribution in [2.45, 2.75) is 12.6 Å². The zero-order chi connectivity index (χ0) is 15.4.